The Morgan fingerprint density at radius 1 is 1.11 bits per heavy atom. The number of nitrogens with zero attached hydrogens (tertiary/aromatic N) is 3. The molecule has 0 aliphatic carbocycles. The second kappa shape index (κ2) is 4.23. The van der Waals surface area contributed by atoms with E-state index in [9.17, 15) is 0 Å². The van der Waals surface area contributed by atoms with Gasteiger partial charge in [0, 0.05) is 17.8 Å². The molecule has 0 saturated heterocycles. The topological polar surface area (TPSA) is 56.2 Å². The minimum Gasteiger partial charge on any atom is -0.324 e. The minimum atomic E-state index is -0.00113. The highest BCUT2D eigenvalue weighted by molar-refractivity contribution is 5.57. The maximum atomic E-state index is 5.86. The molecule has 0 aliphatic heterocycles. The normalized spacial score (nSPS) is 12.8. The van der Waals surface area contributed by atoms with Gasteiger partial charge in [0.05, 0.1) is 0 Å². The molecular formula is C14H14N4. The van der Waals surface area contributed by atoms with Crippen molar-refractivity contribution in [3.05, 3.63) is 54.2 Å². The highest BCUT2D eigenvalue weighted by atomic mass is 15.3. The number of fused-ring (bicyclic) bond motifs is 1. The molecule has 0 amide bonds. The van der Waals surface area contributed by atoms with Crippen LogP contribution in [0.1, 0.15) is 18.5 Å². The average molecular weight is 238 g/mol. The molecule has 2 aromatic heterocycles. The van der Waals surface area contributed by atoms with E-state index in [0.717, 1.165) is 22.6 Å². The van der Waals surface area contributed by atoms with Crippen molar-refractivity contribution in [3.8, 4) is 11.4 Å². The van der Waals surface area contributed by atoms with Crippen molar-refractivity contribution in [1.82, 2.24) is 14.6 Å². The predicted molar refractivity (Wildman–Crippen MR) is 71.0 cm³/mol. The van der Waals surface area contributed by atoms with E-state index in [-0.39, 0.29) is 6.04 Å². The number of hydrogen-bond acceptors (Lipinski definition) is 3. The summed E-state index contributed by atoms with van der Waals surface area (Å²) in [6.45, 7) is 1.95. The summed E-state index contributed by atoms with van der Waals surface area (Å²) in [6.07, 6.45) is 1.93. The third-order valence-electron chi connectivity index (χ3n) is 2.91. The third-order valence-corrected chi connectivity index (χ3v) is 2.91. The van der Waals surface area contributed by atoms with Gasteiger partial charge in [-0.15, -0.1) is 5.10 Å². The number of pyridine rings is 1. The zero-order valence-electron chi connectivity index (χ0n) is 10.1. The summed E-state index contributed by atoms with van der Waals surface area (Å²) in [4.78, 5) is 4.49. The molecule has 0 fully saturated rings. The SMILES string of the molecule is CC(N)c1ccc2nc(-c3ccccc3)nn2c1. The summed E-state index contributed by atoms with van der Waals surface area (Å²) in [5.41, 5.74) is 8.76. The monoisotopic (exact) mass is 238 g/mol. The minimum absolute atomic E-state index is 0.00113. The van der Waals surface area contributed by atoms with Crippen LogP contribution in [-0.2, 0) is 0 Å². The van der Waals surface area contributed by atoms with E-state index in [1.807, 2.05) is 55.6 Å². The Bertz CT molecular complexity index is 671. The lowest BCUT2D eigenvalue weighted by molar-refractivity contribution is 0.798. The Labute approximate surface area is 105 Å². The molecule has 3 aromatic rings. The summed E-state index contributed by atoms with van der Waals surface area (Å²) >= 11 is 0. The van der Waals surface area contributed by atoms with Crippen LogP contribution in [-0.4, -0.2) is 14.6 Å². The van der Waals surface area contributed by atoms with Crippen molar-refractivity contribution >= 4 is 5.65 Å². The van der Waals surface area contributed by atoms with Crippen LogP contribution in [0.3, 0.4) is 0 Å². The largest absolute Gasteiger partial charge is 0.324 e. The van der Waals surface area contributed by atoms with Crippen LogP contribution >= 0.6 is 0 Å². The molecule has 1 aromatic carbocycles. The van der Waals surface area contributed by atoms with Crippen LogP contribution in [0.2, 0.25) is 0 Å². The van der Waals surface area contributed by atoms with Gasteiger partial charge in [0.1, 0.15) is 0 Å². The Morgan fingerprint density at radius 3 is 2.61 bits per heavy atom. The Hall–Kier alpha value is -2.20. The van der Waals surface area contributed by atoms with Crippen molar-refractivity contribution in [1.29, 1.82) is 0 Å². The van der Waals surface area contributed by atoms with Crippen molar-refractivity contribution in [2.45, 2.75) is 13.0 Å². The fraction of sp³-hybridized carbons (Fsp3) is 0.143. The number of benzene rings is 1. The second-order valence-electron chi connectivity index (χ2n) is 4.36. The standard InChI is InChI=1S/C14H14N4/c1-10(15)12-7-8-13-16-14(17-18(13)9-12)11-5-3-2-4-6-11/h2-10H,15H2,1H3. The van der Waals surface area contributed by atoms with Crippen molar-refractivity contribution in [3.63, 3.8) is 0 Å². The lowest BCUT2D eigenvalue weighted by Gasteiger charge is -2.04. The molecule has 18 heavy (non-hydrogen) atoms. The van der Waals surface area contributed by atoms with Gasteiger partial charge in [-0.25, -0.2) is 9.50 Å². The fourth-order valence-corrected chi connectivity index (χ4v) is 1.88. The van der Waals surface area contributed by atoms with Gasteiger partial charge in [0.25, 0.3) is 0 Å². The van der Waals surface area contributed by atoms with E-state index in [4.69, 9.17) is 5.73 Å². The van der Waals surface area contributed by atoms with Gasteiger partial charge in [-0.05, 0) is 18.6 Å². The maximum Gasteiger partial charge on any atom is 0.182 e. The summed E-state index contributed by atoms with van der Waals surface area (Å²) in [5.74, 6) is 0.734. The molecule has 0 spiro atoms. The van der Waals surface area contributed by atoms with Crippen molar-refractivity contribution in [2.75, 3.05) is 0 Å². The van der Waals surface area contributed by atoms with E-state index in [0.29, 0.717) is 0 Å². The van der Waals surface area contributed by atoms with E-state index in [1.165, 1.54) is 0 Å². The lowest BCUT2D eigenvalue weighted by atomic mass is 10.2. The molecule has 4 nitrogen and oxygen atoms in total. The molecule has 4 heteroatoms. The zero-order chi connectivity index (χ0) is 12.5. The van der Waals surface area contributed by atoms with Crippen LogP contribution in [0.25, 0.3) is 17.0 Å². The molecule has 0 aliphatic rings. The van der Waals surface area contributed by atoms with Gasteiger partial charge >= 0.3 is 0 Å². The predicted octanol–water partition coefficient (Wildman–Crippen LogP) is 2.42. The van der Waals surface area contributed by atoms with Crippen LogP contribution < -0.4 is 5.73 Å². The molecule has 90 valence electrons. The molecule has 2 N–H and O–H groups in total. The average Bonchev–Trinajstić information content (AvgIpc) is 2.82. The third kappa shape index (κ3) is 1.87. The van der Waals surface area contributed by atoms with E-state index < -0.39 is 0 Å². The molecule has 0 saturated carbocycles. The first-order chi connectivity index (χ1) is 8.74. The maximum absolute atomic E-state index is 5.86. The van der Waals surface area contributed by atoms with Gasteiger partial charge in [0.2, 0.25) is 0 Å². The van der Waals surface area contributed by atoms with E-state index in [2.05, 4.69) is 10.1 Å². The number of nitrogens with two attached hydrogens (primary N) is 1. The lowest BCUT2D eigenvalue weighted by Crippen LogP contribution is -2.06. The summed E-state index contributed by atoms with van der Waals surface area (Å²) in [5, 5.41) is 4.48. The molecule has 3 rings (SSSR count). The van der Waals surface area contributed by atoms with Gasteiger partial charge in [-0.2, -0.15) is 0 Å². The van der Waals surface area contributed by atoms with Gasteiger partial charge in [-0.1, -0.05) is 36.4 Å². The van der Waals surface area contributed by atoms with Crippen molar-refractivity contribution < 1.29 is 0 Å². The molecular weight excluding hydrogens is 224 g/mol. The summed E-state index contributed by atoms with van der Waals surface area (Å²) in [7, 11) is 0. The first-order valence-corrected chi connectivity index (χ1v) is 5.91. The van der Waals surface area contributed by atoms with E-state index >= 15 is 0 Å². The first-order valence-electron chi connectivity index (χ1n) is 5.91. The van der Waals surface area contributed by atoms with Gasteiger partial charge < -0.3 is 5.73 Å². The fourth-order valence-electron chi connectivity index (χ4n) is 1.88. The Kier molecular flexibility index (Phi) is 2.57. The van der Waals surface area contributed by atoms with Gasteiger partial charge in [0.15, 0.2) is 11.5 Å². The van der Waals surface area contributed by atoms with Crippen LogP contribution in [0.4, 0.5) is 0 Å². The smallest absolute Gasteiger partial charge is 0.182 e. The second-order valence-corrected chi connectivity index (χ2v) is 4.36. The van der Waals surface area contributed by atoms with Gasteiger partial charge in [-0.3, -0.25) is 0 Å². The van der Waals surface area contributed by atoms with E-state index in [1.54, 1.807) is 4.52 Å². The van der Waals surface area contributed by atoms with Crippen LogP contribution in [0, 0.1) is 0 Å². The number of aromatic nitrogens is 3. The number of hydrogen-bond donors (Lipinski definition) is 1. The Balaban J connectivity index is 2.11. The number of rotatable bonds is 2. The van der Waals surface area contributed by atoms with Crippen LogP contribution in [0.5, 0.6) is 0 Å². The van der Waals surface area contributed by atoms with Crippen molar-refractivity contribution in [2.24, 2.45) is 5.73 Å². The molecule has 1 atom stereocenters. The molecule has 1 unspecified atom stereocenters. The van der Waals surface area contributed by atoms with Crippen LogP contribution in [0.15, 0.2) is 48.7 Å². The first kappa shape index (κ1) is 10.9. The highest BCUT2D eigenvalue weighted by Crippen LogP contribution is 2.17. The Morgan fingerprint density at radius 2 is 1.89 bits per heavy atom. The molecule has 0 bridgehead atoms. The summed E-state index contributed by atoms with van der Waals surface area (Å²) in [6, 6.07) is 13.9. The summed E-state index contributed by atoms with van der Waals surface area (Å²) < 4.78 is 1.78. The molecule has 0 radical (unpaired) electrons. The molecule has 2 heterocycles. The quantitative estimate of drug-likeness (QED) is 0.746. The zero-order valence-corrected chi connectivity index (χ0v) is 10.1. The highest BCUT2D eigenvalue weighted by Gasteiger charge is 2.07.